The van der Waals surface area contributed by atoms with Gasteiger partial charge in [0, 0.05) is 32.5 Å². The predicted molar refractivity (Wildman–Crippen MR) is 97.6 cm³/mol. The van der Waals surface area contributed by atoms with Gasteiger partial charge in [0.2, 0.25) is 0 Å². The number of rotatable bonds is 7. The normalized spacial score (nSPS) is 16.5. The van der Waals surface area contributed by atoms with Crippen LogP contribution in [0.1, 0.15) is 32.9 Å². The molecule has 156 valence electrons. The molecule has 2 N–H and O–H groups in total. The molecule has 0 saturated heterocycles. The first-order chi connectivity index (χ1) is 13.2. The number of amides is 2. The van der Waals surface area contributed by atoms with Crippen molar-refractivity contribution >= 4 is 18.1 Å². The van der Waals surface area contributed by atoms with E-state index in [9.17, 15) is 14.4 Å². The first kappa shape index (κ1) is 21.7. The molecule has 1 aliphatic heterocycles. The molecule has 0 unspecified atom stereocenters. The zero-order valence-electron chi connectivity index (χ0n) is 16.8. The van der Waals surface area contributed by atoms with Crippen LogP contribution in [-0.2, 0) is 27.2 Å². The Labute approximate surface area is 164 Å². The summed E-state index contributed by atoms with van der Waals surface area (Å²) >= 11 is 0. The summed E-state index contributed by atoms with van der Waals surface area (Å²) < 4.78 is 13.3. The van der Waals surface area contributed by atoms with Gasteiger partial charge in [-0.15, -0.1) is 4.57 Å². The maximum absolute atomic E-state index is 12.9. The number of imidazole rings is 1. The van der Waals surface area contributed by atoms with E-state index in [1.165, 1.54) is 16.6 Å². The molecule has 28 heavy (non-hydrogen) atoms. The van der Waals surface area contributed by atoms with Gasteiger partial charge < -0.3 is 19.9 Å². The van der Waals surface area contributed by atoms with Crippen molar-refractivity contribution in [2.75, 3.05) is 26.8 Å². The molecule has 10 heteroatoms. The molecule has 2 heterocycles. The molecule has 10 nitrogen and oxygen atoms in total. The van der Waals surface area contributed by atoms with E-state index in [0.29, 0.717) is 25.1 Å². The highest BCUT2D eigenvalue weighted by atomic mass is 16.6. The third-order valence-electron chi connectivity index (χ3n) is 4.19. The Morgan fingerprint density at radius 1 is 1.39 bits per heavy atom. The van der Waals surface area contributed by atoms with Crippen LogP contribution in [0.25, 0.3) is 0 Å². The Kier molecular flexibility index (Phi) is 7.00. The highest BCUT2D eigenvalue weighted by Crippen LogP contribution is 2.18. The van der Waals surface area contributed by atoms with Crippen molar-refractivity contribution in [1.82, 2.24) is 14.8 Å². The summed E-state index contributed by atoms with van der Waals surface area (Å²) in [6.45, 7) is 6.15. The number of esters is 1. The molecule has 2 rings (SSSR count). The molecule has 1 aromatic heterocycles. The number of alkyl carbamates (subject to hydrolysis) is 1. The van der Waals surface area contributed by atoms with Crippen LogP contribution in [0.15, 0.2) is 12.5 Å². The number of carbonyl (C=O) groups excluding carboxylic acids is 3. The lowest BCUT2D eigenvalue weighted by atomic mass is 10.1. The van der Waals surface area contributed by atoms with Crippen LogP contribution in [0.3, 0.4) is 0 Å². The molecule has 1 aliphatic rings. The maximum atomic E-state index is 12.9. The maximum Gasteiger partial charge on any atom is 0.416 e. The Balaban J connectivity index is 2.10. The molecular formula is C18H29N4O6+. The third kappa shape index (κ3) is 5.44. The second-order valence-corrected chi connectivity index (χ2v) is 7.57. The number of ether oxygens (including phenoxy) is 2. The lowest BCUT2D eigenvalue weighted by Crippen LogP contribution is -2.54. The number of aryl methyl sites for hydroxylation is 1. The summed E-state index contributed by atoms with van der Waals surface area (Å²) in [5.41, 5.74) is 0.0663. The number of hydrogen-bond donors (Lipinski definition) is 2. The predicted octanol–water partition coefficient (Wildman–Crippen LogP) is 0.0505. The summed E-state index contributed by atoms with van der Waals surface area (Å²) in [5, 5.41) is 11.6. The number of nitrogens with zero attached hydrogens (tertiary/aromatic N) is 3. The standard InChI is InChI=1S/C18H28N4O6/c1-18(2,3)28-16(25)19-6-8-21-14(15(24)27-4)10-13-11-20(7-5-9-23)12-22(13)17(21)26/h11-12,14,23H,5-10H2,1-4H3/p+1/t14-/m0/s1. The van der Waals surface area contributed by atoms with Gasteiger partial charge in [0.25, 0.3) is 6.33 Å². The van der Waals surface area contributed by atoms with Crippen molar-refractivity contribution in [3.8, 4) is 0 Å². The fraction of sp³-hybridized carbons (Fsp3) is 0.667. The van der Waals surface area contributed by atoms with E-state index < -0.39 is 23.7 Å². The zero-order chi connectivity index (χ0) is 20.9. The van der Waals surface area contributed by atoms with Crippen molar-refractivity contribution < 1.29 is 33.5 Å². The van der Waals surface area contributed by atoms with E-state index in [1.807, 2.05) is 0 Å². The van der Waals surface area contributed by atoms with E-state index in [0.717, 1.165) is 0 Å². The molecule has 1 atom stereocenters. The summed E-state index contributed by atoms with van der Waals surface area (Å²) in [6.07, 6.45) is 3.72. The molecule has 0 aliphatic carbocycles. The smallest absolute Gasteiger partial charge is 0.416 e. The van der Waals surface area contributed by atoms with Gasteiger partial charge in [-0.2, -0.15) is 0 Å². The van der Waals surface area contributed by atoms with E-state index in [4.69, 9.17) is 14.6 Å². The van der Waals surface area contributed by atoms with Gasteiger partial charge >= 0.3 is 18.1 Å². The molecule has 0 bridgehead atoms. The van der Waals surface area contributed by atoms with Gasteiger partial charge in [-0.1, -0.05) is 0 Å². The lowest BCUT2D eigenvalue weighted by Gasteiger charge is -2.31. The molecule has 0 spiro atoms. The van der Waals surface area contributed by atoms with Gasteiger partial charge in [-0.25, -0.2) is 19.0 Å². The summed E-state index contributed by atoms with van der Waals surface area (Å²) in [6, 6.07) is -1.14. The topological polar surface area (TPSA) is 114 Å². The SMILES string of the molecule is COC(=O)[C@@H]1Cc2c[n+](CCCO)cn2C(=O)N1CCNC(=O)OC(C)(C)C. The first-order valence-electron chi connectivity index (χ1n) is 9.23. The minimum atomic E-state index is -0.772. The van der Waals surface area contributed by atoms with Crippen molar-refractivity contribution in [2.24, 2.45) is 0 Å². The van der Waals surface area contributed by atoms with Crippen LogP contribution in [-0.4, -0.2) is 71.1 Å². The van der Waals surface area contributed by atoms with E-state index >= 15 is 0 Å². The number of hydrogen-bond acceptors (Lipinski definition) is 6. The second kappa shape index (κ2) is 9.05. The van der Waals surface area contributed by atoms with E-state index in [-0.39, 0.29) is 25.7 Å². The lowest BCUT2D eigenvalue weighted by molar-refractivity contribution is -0.696. The van der Waals surface area contributed by atoms with Gasteiger partial charge in [-0.05, 0) is 20.8 Å². The fourth-order valence-corrected chi connectivity index (χ4v) is 2.98. The number of nitrogens with one attached hydrogen (secondary N) is 1. The quantitative estimate of drug-likeness (QED) is 0.496. The summed E-state index contributed by atoms with van der Waals surface area (Å²) in [4.78, 5) is 38.3. The van der Waals surface area contributed by atoms with Crippen LogP contribution in [0.2, 0.25) is 0 Å². The van der Waals surface area contributed by atoms with Crippen LogP contribution in [0, 0.1) is 0 Å². The molecule has 0 aromatic carbocycles. The number of fused-ring (bicyclic) bond motifs is 1. The molecule has 1 aromatic rings. The molecular weight excluding hydrogens is 368 g/mol. The van der Waals surface area contributed by atoms with Gasteiger partial charge in [0.1, 0.15) is 17.8 Å². The highest BCUT2D eigenvalue weighted by Gasteiger charge is 2.41. The number of methoxy groups -OCH3 is 1. The van der Waals surface area contributed by atoms with Crippen LogP contribution < -0.4 is 9.88 Å². The molecule has 2 amide bonds. The van der Waals surface area contributed by atoms with Crippen LogP contribution in [0.5, 0.6) is 0 Å². The van der Waals surface area contributed by atoms with Gasteiger partial charge in [0.05, 0.1) is 13.7 Å². The average molecular weight is 397 g/mol. The number of aromatic nitrogens is 2. The monoisotopic (exact) mass is 397 g/mol. The Bertz CT molecular complexity index is 724. The molecule has 0 fully saturated rings. The van der Waals surface area contributed by atoms with E-state index in [2.05, 4.69) is 5.32 Å². The van der Waals surface area contributed by atoms with E-state index in [1.54, 1.807) is 37.9 Å². The average Bonchev–Trinajstić information content (AvgIpc) is 3.02. The number of carbonyl (C=O) groups is 3. The second-order valence-electron chi connectivity index (χ2n) is 7.57. The Hall–Kier alpha value is -2.62. The fourth-order valence-electron chi connectivity index (χ4n) is 2.98. The minimum Gasteiger partial charge on any atom is -0.467 e. The molecule has 0 saturated carbocycles. The van der Waals surface area contributed by atoms with Crippen LogP contribution >= 0.6 is 0 Å². The zero-order valence-corrected chi connectivity index (χ0v) is 16.8. The Morgan fingerprint density at radius 3 is 2.71 bits per heavy atom. The summed E-state index contributed by atoms with van der Waals surface area (Å²) in [5.74, 6) is -0.514. The Morgan fingerprint density at radius 2 is 2.11 bits per heavy atom. The first-order valence-corrected chi connectivity index (χ1v) is 9.23. The minimum absolute atomic E-state index is 0.0503. The molecule has 0 radical (unpaired) electrons. The van der Waals surface area contributed by atoms with Crippen molar-refractivity contribution in [3.63, 3.8) is 0 Å². The van der Waals surface area contributed by atoms with Crippen molar-refractivity contribution in [1.29, 1.82) is 0 Å². The number of aliphatic hydroxyl groups is 1. The van der Waals surface area contributed by atoms with Crippen LogP contribution in [0.4, 0.5) is 9.59 Å². The largest absolute Gasteiger partial charge is 0.467 e. The van der Waals surface area contributed by atoms with Gasteiger partial charge in [0.15, 0.2) is 5.69 Å². The summed E-state index contributed by atoms with van der Waals surface area (Å²) in [7, 11) is 1.28. The van der Waals surface area contributed by atoms with Gasteiger partial charge in [-0.3, -0.25) is 4.90 Å². The highest BCUT2D eigenvalue weighted by molar-refractivity contribution is 5.87. The third-order valence-corrected chi connectivity index (χ3v) is 4.19. The number of aliphatic hydroxyl groups excluding tert-OH is 1. The van der Waals surface area contributed by atoms with Crippen molar-refractivity contribution in [3.05, 3.63) is 18.2 Å². The van der Waals surface area contributed by atoms with Crippen molar-refractivity contribution in [2.45, 2.75) is 51.8 Å².